The van der Waals surface area contributed by atoms with E-state index in [0.717, 1.165) is 19.5 Å². The Kier molecular flexibility index (Phi) is 8.88. The molecule has 0 saturated heterocycles. The molecule has 0 fully saturated rings. The molecule has 0 bridgehead atoms. The minimum Gasteiger partial charge on any atom is -0.506 e. The van der Waals surface area contributed by atoms with Crippen LogP contribution in [0.15, 0.2) is 50.3 Å². The molecule has 0 radical (unpaired) electrons. The van der Waals surface area contributed by atoms with Crippen LogP contribution in [0.1, 0.15) is 34.8 Å². The number of carbonyl (C=O) groups excluding carboxylic acids is 2. The van der Waals surface area contributed by atoms with Crippen LogP contribution in [0.3, 0.4) is 0 Å². The number of hydrogen-bond acceptors (Lipinski definition) is 7. The van der Waals surface area contributed by atoms with Crippen LogP contribution in [0.2, 0.25) is 0 Å². The van der Waals surface area contributed by atoms with Gasteiger partial charge < -0.3 is 31.5 Å². The maximum absolute atomic E-state index is 12.6. The minimum absolute atomic E-state index is 0.180. The first-order chi connectivity index (χ1) is 16.2. The van der Waals surface area contributed by atoms with Crippen molar-refractivity contribution in [3.63, 3.8) is 0 Å². The third-order valence-electron chi connectivity index (χ3n) is 4.84. The van der Waals surface area contributed by atoms with Gasteiger partial charge in [0.2, 0.25) is 5.91 Å². The van der Waals surface area contributed by atoms with E-state index >= 15 is 0 Å². The first kappa shape index (κ1) is 25.5. The molecular formula is C22H23Br2N5O5. The van der Waals surface area contributed by atoms with Crippen molar-refractivity contribution in [1.29, 1.82) is 0 Å². The van der Waals surface area contributed by atoms with Gasteiger partial charge in [-0.25, -0.2) is 0 Å². The lowest BCUT2D eigenvalue weighted by atomic mass is 10.0. The highest BCUT2D eigenvalue weighted by Gasteiger charge is 2.23. The van der Waals surface area contributed by atoms with Crippen molar-refractivity contribution in [2.24, 2.45) is 4.99 Å². The van der Waals surface area contributed by atoms with Crippen molar-refractivity contribution in [1.82, 2.24) is 16.0 Å². The van der Waals surface area contributed by atoms with E-state index in [1.165, 1.54) is 6.07 Å². The molecule has 1 heterocycles. The molecule has 6 N–H and O–H groups in total. The summed E-state index contributed by atoms with van der Waals surface area (Å²) in [6.07, 6.45) is 0.503. The van der Waals surface area contributed by atoms with E-state index in [2.05, 4.69) is 58.1 Å². The Bertz CT molecular complexity index is 1120. The van der Waals surface area contributed by atoms with Crippen molar-refractivity contribution in [2.75, 3.05) is 25.0 Å². The molecule has 0 aromatic heterocycles. The van der Waals surface area contributed by atoms with Crippen LogP contribution in [-0.2, 0) is 9.59 Å². The molecule has 180 valence electrons. The highest BCUT2D eigenvalue weighted by atomic mass is 79.9. The number of hydrogen-bond donors (Lipinski definition) is 6. The van der Waals surface area contributed by atoms with E-state index in [4.69, 9.17) is 0 Å². The number of benzene rings is 2. The molecule has 2 amide bonds. The summed E-state index contributed by atoms with van der Waals surface area (Å²) in [5.74, 6) is -1.79. The summed E-state index contributed by atoms with van der Waals surface area (Å²) in [7, 11) is 0. The number of rotatable bonds is 8. The predicted molar refractivity (Wildman–Crippen MR) is 134 cm³/mol. The second-order valence-corrected chi connectivity index (χ2v) is 9.21. The Balaban J connectivity index is 1.62. The number of halogens is 2. The summed E-state index contributed by atoms with van der Waals surface area (Å²) in [4.78, 5) is 40.7. The standard InChI is InChI=1S/C22H23Br2N5O5/c23-13-8-15(20(33)16(24)9-13)17(10-19(31)32)29-18(30)11-27-21(34)12-3-1-4-14(7-12)28-22-25-5-2-6-26-22/h1,3-4,7-9,17,33H,2,5-6,10-11H2,(H,27,34)(H,29,30)(H,31,32)(H2,25,26,28)/t17-/m0/s1. The fourth-order valence-electron chi connectivity index (χ4n) is 3.26. The van der Waals surface area contributed by atoms with Gasteiger partial charge in [0, 0.05) is 34.4 Å². The van der Waals surface area contributed by atoms with Gasteiger partial charge in [0.15, 0.2) is 5.96 Å². The molecule has 10 nitrogen and oxygen atoms in total. The number of guanidine groups is 1. The van der Waals surface area contributed by atoms with E-state index in [0.29, 0.717) is 26.2 Å². The van der Waals surface area contributed by atoms with E-state index < -0.39 is 30.2 Å². The monoisotopic (exact) mass is 595 g/mol. The molecule has 0 saturated carbocycles. The highest BCUT2D eigenvalue weighted by Crippen LogP contribution is 2.36. The first-order valence-electron chi connectivity index (χ1n) is 10.4. The Labute approximate surface area is 212 Å². The Morgan fingerprint density at radius 2 is 1.97 bits per heavy atom. The highest BCUT2D eigenvalue weighted by molar-refractivity contribution is 9.11. The zero-order valence-corrected chi connectivity index (χ0v) is 21.1. The zero-order chi connectivity index (χ0) is 24.7. The summed E-state index contributed by atoms with van der Waals surface area (Å²) in [6, 6.07) is 8.86. The van der Waals surface area contributed by atoms with Crippen LogP contribution in [0.25, 0.3) is 0 Å². The van der Waals surface area contributed by atoms with Crippen LogP contribution in [0.5, 0.6) is 5.75 Å². The molecule has 2 aromatic carbocycles. The average Bonchev–Trinajstić information content (AvgIpc) is 2.80. The number of phenolic OH excluding ortho intramolecular Hbond substituents is 1. The number of aliphatic imine (C=N–C) groups is 1. The number of aromatic hydroxyl groups is 1. The molecule has 12 heteroatoms. The number of amides is 2. The van der Waals surface area contributed by atoms with Crippen molar-refractivity contribution in [3.05, 3.63) is 56.5 Å². The number of aliphatic carboxylic acids is 1. The van der Waals surface area contributed by atoms with Gasteiger partial charge in [-0.3, -0.25) is 19.4 Å². The number of carboxylic acid groups (broad SMARTS) is 1. The van der Waals surface area contributed by atoms with Crippen molar-refractivity contribution in [2.45, 2.75) is 18.9 Å². The topological polar surface area (TPSA) is 152 Å². The molecule has 0 unspecified atom stereocenters. The second kappa shape index (κ2) is 11.8. The third kappa shape index (κ3) is 7.19. The van der Waals surface area contributed by atoms with E-state index in [1.54, 1.807) is 30.3 Å². The van der Waals surface area contributed by atoms with Crippen LogP contribution in [0, 0.1) is 0 Å². The Morgan fingerprint density at radius 3 is 2.68 bits per heavy atom. The molecule has 0 aliphatic carbocycles. The lowest BCUT2D eigenvalue weighted by Crippen LogP contribution is -2.39. The number of carboxylic acids is 1. The van der Waals surface area contributed by atoms with Gasteiger partial charge in [0.05, 0.1) is 23.5 Å². The molecule has 1 aliphatic rings. The summed E-state index contributed by atoms with van der Waals surface area (Å²) >= 11 is 6.48. The van der Waals surface area contributed by atoms with Gasteiger partial charge >= 0.3 is 5.97 Å². The van der Waals surface area contributed by atoms with Crippen molar-refractivity contribution in [3.8, 4) is 5.75 Å². The number of nitrogens with zero attached hydrogens (tertiary/aromatic N) is 1. The summed E-state index contributed by atoms with van der Waals surface area (Å²) in [5, 5.41) is 30.9. The predicted octanol–water partition coefficient (Wildman–Crippen LogP) is 2.74. The largest absolute Gasteiger partial charge is 0.506 e. The van der Waals surface area contributed by atoms with Gasteiger partial charge in [-0.1, -0.05) is 22.0 Å². The van der Waals surface area contributed by atoms with Crippen LogP contribution < -0.4 is 21.3 Å². The molecule has 0 spiro atoms. The molecular weight excluding hydrogens is 574 g/mol. The average molecular weight is 597 g/mol. The maximum atomic E-state index is 12.6. The summed E-state index contributed by atoms with van der Waals surface area (Å²) in [6.45, 7) is 1.16. The smallest absolute Gasteiger partial charge is 0.305 e. The van der Waals surface area contributed by atoms with Crippen LogP contribution in [0.4, 0.5) is 5.69 Å². The number of phenols is 1. The fourth-order valence-corrected chi connectivity index (χ4v) is 4.52. The Hall–Kier alpha value is -3.12. The van der Waals surface area contributed by atoms with Crippen LogP contribution in [-0.4, -0.2) is 53.6 Å². The molecule has 34 heavy (non-hydrogen) atoms. The van der Waals surface area contributed by atoms with Gasteiger partial charge in [-0.15, -0.1) is 0 Å². The van der Waals surface area contributed by atoms with E-state index in [-0.39, 0.29) is 17.9 Å². The summed E-state index contributed by atoms with van der Waals surface area (Å²) < 4.78 is 0.936. The van der Waals surface area contributed by atoms with Crippen LogP contribution >= 0.6 is 31.9 Å². The molecule has 3 rings (SSSR count). The minimum atomic E-state index is -1.16. The van der Waals surface area contributed by atoms with E-state index in [1.807, 2.05) is 0 Å². The SMILES string of the molecule is O=C(O)C[C@H](NC(=O)CNC(=O)c1cccc(NC2=NCCCN2)c1)c1cc(Br)cc(Br)c1O. The number of carbonyl (C=O) groups is 3. The lowest BCUT2D eigenvalue weighted by molar-refractivity contribution is -0.137. The second-order valence-electron chi connectivity index (χ2n) is 7.44. The fraction of sp³-hybridized carbons (Fsp3) is 0.273. The first-order valence-corrected chi connectivity index (χ1v) is 11.9. The van der Waals surface area contributed by atoms with Gasteiger partial charge in [-0.05, 0) is 52.7 Å². The van der Waals surface area contributed by atoms with Crippen molar-refractivity contribution >= 4 is 61.3 Å². The van der Waals surface area contributed by atoms with Gasteiger partial charge in [0.1, 0.15) is 5.75 Å². The third-order valence-corrected chi connectivity index (χ3v) is 5.90. The quantitative estimate of drug-likeness (QED) is 0.274. The summed E-state index contributed by atoms with van der Waals surface area (Å²) in [5.41, 5.74) is 1.23. The number of nitrogens with one attached hydrogen (secondary N) is 4. The zero-order valence-electron chi connectivity index (χ0n) is 17.9. The molecule has 1 atom stereocenters. The van der Waals surface area contributed by atoms with E-state index in [9.17, 15) is 24.6 Å². The van der Waals surface area contributed by atoms with Gasteiger partial charge in [-0.2, -0.15) is 0 Å². The normalized spacial score (nSPS) is 13.8. The maximum Gasteiger partial charge on any atom is 0.305 e. The Morgan fingerprint density at radius 1 is 1.18 bits per heavy atom. The van der Waals surface area contributed by atoms with Gasteiger partial charge in [0.25, 0.3) is 5.91 Å². The van der Waals surface area contributed by atoms with Crippen molar-refractivity contribution < 1.29 is 24.6 Å². The number of anilines is 1. The molecule has 2 aromatic rings. The molecule has 1 aliphatic heterocycles. The lowest BCUT2D eigenvalue weighted by Gasteiger charge is -2.20.